The summed E-state index contributed by atoms with van der Waals surface area (Å²) in [5.41, 5.74) is 0. The molecular formula is C14H26N2O3. The Hall–Kier alpha value is -1.10. The molecule has 19 heavy (non-hydrogen) atoms. The Morgan fingerprint density at radius 3 is 2.32 bits per heavy atom. The third-order valence-electron chi connectivity index (χ3n) is 3.13. The molecule has 0 atom stereocenters. The Kier molecular flexibility index (Phi) is 6.28. The van der Waals surface area contributed by atoms with Crippen LogP contribution < -0.4 is 0 Å². The third kappa shape index (κ3) is 6.05. The molecule has 0 radical (unpaired) electrons. The highest BCUT2D eigenvalue weighted by atomic mass is 16.4. The Balaban J connectivity index is 2.54. The second-order valence-electron chi connectivity index (χ2n) is 5.78. The molecule has 0 aromatic carbocycles. The average molecular weight is 270 g/mol. The first kappa shape index (κ1) is 16.0. The van der Waals surface area contributed by atoms with E-state index >= 15 is 0 Å². The molecule has 0 heterocycles. The summed E-state index contributed by atoms with van der Waals surface area (Å²) in [6, 6.07) is 0.392. The largest absolute Gasteiger partial charge is 0.480 e. The first-order valence-corrected chi connectivity index (χ1v) is 7.17. The second-order valence-corrected chi connectivity index (χ2v) is 5.78. The van der Waals surface area contributed by atoms with E-state index in [1.165, 1.54) is 0 Å². The van der Waals surface area contributed by atoms with Crippen LogP contribution in [0.2, 0.25) is 0 Å². The lowest BCUT2D eigenvalue weighted by Gasteiger charge is -2.27. The number of carbonyl (C=O) groups is 2. The molecule has 110 valence electrons. The van der Waals surface area contributed by atoms with Gasteiger partial charge in [-0.15, -0.1) is 0 Å². The summed E-state index contributed by atoms with van der Waals surface area (Å²) in [4.78, 5) is 26.8. The predicted octanol–water partition coefficient (Wildman–Crippen LogP) is 1.43. The van der Waals surface area contributed by atoms with E-state index in [1.807, 2.05) is 11.8 Å². The highest BCUT2D eigenvalue weighted by molar-refractivity contribution is 5.79. The maximum absolute atomic E-state index is 12.3. The van der Waals surface area contributed by atoms with Crippen LogP contribution in [0.15, 0.2) is 0 Å². The fraction of sp³-hybridized carbons (Fsp3) is 0.857. The van der Waals surface area contributed by atoms with E-state index < -0.39 is 5.97 Å². The van der Waals surface area contributed by atoms with Gasteiger partial charge in [-0.3, -0.25) is 14.5 Å². The molecule has 5 heteroatoms. The molecule has 0 saturated heterocycles. The lowest BCUT2D eigenvalue weighted by Crippen LogP contribution is -2.44. The molecular weight excluding hydrogens is 244 g/mol. The molecule has 1 N–H and O–H groups in total. The number of hydrogen-bond donors (Lipinski definition) is 1. The fourth-order valence-electron chi connectivity index (χ4n) is 2.24. The van der Waals surface area contributed by atoms with E-state index in [1.54, 1.807) is 4.90 Å². The molecule has 1 saturated carbocycles. The van der Waals surface area contributed by atoms with Crippen LogP contribution in [0.25, 0.3) is 0 Å². The average Bonchev–Trinajstić information content (AvgIpc) is 3.08. The topological polar surface area (TPSA) is 60.9 Å². The van der Waals surface area contributed by atoms with Crippen LogP contribution in [0.1, 0.15) is 40.0 Å². The molecule has 1 aliphatic rings. The zero-order valence-corrected chi connectivity index (χ0v) is 12.3. The van der Waals surface area contributed by atoms with Crippen molar-refractivity contribution in [2.75, 3.05) is 26.2 Å². The van der Waals surface area contributed by atoms with Gasteiger partial charge in [0.2, 0.25) is 5.91 Å². The van der Waals surface area contributed by atoms with Crippen molar-refractivity contribution in [2.45, 2.75) is 46.1 Å². The van der Waals surface area contributed by atoms with Crippen molar-refractivity contribution in [1.29, 1.82) is 0 Å². The maximum atomic E-state index is 12.3. The molecule has 1 fully saturated rings. The van der Waals surface area contributed by atoms with E-state index in [0.29, 0.717) is 18.5 Å². The van der Waals surface area contributed by atoms with Crippen molar-refractivity contribution in [2.24, 2.45) is 5.92 Å². The fourth-order valence-corrected chi connectivity index (χ4v) is 2.24. The summed E-state index contributed by atoms with van der Waals surface area (Å²) in [7, 11) is 0. The highest BCUT2D eigenvalue weighted by Crippen LogP contribution is 2.27. The van der Waals surface area contributed by atoms with E-state index in [0.717, 1.165) is 25.8 Å². The predicted molar refractivity (Wildman–Crippen MR) is 73.9 cm³/mol. The normalized spacial score (nSPS) is 15.0. The van der Waals surface area contributed by atoms with Crippen LogP contribution >= 0.6 is 0 Å². The van der Waals surface area contributed by atoms with Gasteiger partial charge in [0.25, 0.3) is 0 Å². The molecule has 1 rings (SSSR count). The molecule has 0 aromatic heterocycles. The summed E-state index contributed by atoms with van der Waals surface area (Å²) in [5.74, 6) is -0.349. The number of hydrogen-bond acceptors (Lipinski definition) is 3. The van der Waals surface area contributed by atoms with Crippen molar-refractivity contribution < 1.29 is 14.7 Å². The van der Waals surface area contributed by atoms with Crippen molar-refractivity contribution in [3.05, 3.63) is 0 Å². The Morgan fingerprint density at radius 1 is 1.26 bits per heavy atom. The molecule has 0 aliphatic heterocycles. The molecule has 1 aliphatic carbocycles. The molecule has 0 unspecified atom stereocenters. The maximum Gasteiger partial charge on any atom is 0.317 e. The van der Waals surface area contributed by atoms with E-state index in [9.17, 15) is 9.59 Å². The number of carbonyl (C=O) groups excluding carboxylic acids is 1. The van der Waals surface area contributed by atoms with Gasteiger partial charge in [0.1, 0.15) is 0 Å². The minimum atomic E-state index is -0.872. The van der Waals surface area contributed by atoms with Gasteiger partial charge < -0.3 is 10.0 Å². The first-order chi connectivity index (χ1) is 8.93. The third-order valence-corrected chi connectivity index (χ3v) is 3.13. The Labute approximate surface area is 115 Å². The highest BCUT2D eigenvalue weighted by Gasteiger charge is 2.33. The summed E-state index contributed by atoms with van der Waals surface area (Å²) in [6.07, 6.45) is 3.03. The Bertz CT molecular complexity index is 314. The smallest absolute Gasteiger partial charge is 0.317 e. The van der Waals surface area contributed by atoms with Gasteiger partial charge in [-0.25, -0.2) is 0 Å². The van der Waals surface area contributed by atoms with Crippen LogP contribution in [0.4, 0.5) is 0 Å². The van der Waals surface area contributed by atoms with Crippen molar-refractivity contribution >= 4 is 11.9 Å². The minimum absolute atomic E-state index is 0.0558. The van der Waals surface area contributed by atoms with Crippen LogP contribution in [0, 0.1) is 5.92 Å². The number of carboxylic acid groups (broad SMARTS) is 1. The zero-order chi connectivity index (χ0) is 14.4. The zero-order valence-electron chi connectivity index (χ0n) is 12.3. The summed E-state index contributed by atoms with van der Waals surface area (Å²) >= 11 is 0. The van der Waals surface area contributed by atoms with Crippen molar-refractivity contribution in [1.82, 2.24) is 9.80 Å². The van der Waals surface area contributed by atoms with Crippen LogP contribution in [-0.4, -0.2) is 59.0 Å². The monoisotopic (exact) mass is 270 g/mol. The molecule has 0 aromatic rings. The van der Waals surface area contributed by atoms with Gasteiger partial charge in [0.05, 0.1) is 13.1 Å². The van der Waals surface area contributed by atoms with Crippen LogP contribution in [-0.2, 0) is 9.59 Å². The van der Waals surface area contributed by atoms with Crippen molar-refractivity contribution in [3.63, 3.8) is 0 Å². The molecule has 1 amide bonds. The quantitative estimate of drug-likeness (QED) is 0.688. The van der Waals surface area contributed by atoms with Gasteiger partial charge in [0, 0.05) is 12.6 Å². The lowest BCUT2D eigenvalue weighted by atomic mass is 10.2. The van der Waals surface area contributed by atoms with Gasteiger partial charge in [-0.05, 0) is 31.7 Å². The number of aliphatic carboxylic acids is 1. The Morgan fingerprint density at radius 2 is 1.89 bits per heavy atom. The van der Waals surface area contributed by atoms with Crippen LogP contribution in [0.5, 0.6) is 0 Å². The van der Waals surface area contributed by atoms with E-state index in [2.05, 4.69) is 13.8 Å². The minimum Gasteiger partial charge on any atom is -0.480 e. The molecule has 0 spiro atoms. The first-order valence-electron chi connectivity index (χ1n) is 7.17. The van der Waals surface area contributed by atoms with Gasteiger partial charge >= 0.3 is 5.97 Å². The number of carboxylic acids is 1. The van der Waals surface area contributed by atoms with Crippen molar-refractivity contribution in [3.8, 4) is 0 Å². The summed E-state index contributed by atoms with van der Waals surface area (Å²) in [6.45, 7) is 7.79. The second kappa shape index (κ2) is 7.48. The standard InChI is InChI=1S/C14H26N2O3/c1-4-7-15(10-14(18)19)9-13(17)16(8-11(2)3)12-5-6-12/h11-12H,4-10H2,1-3H3,(H,18,19). The van der Waals surface area contributed by atoms with E-state index in [-0.39, 0.29) is 19.0 Å². The van der Waals surface area contributed by atoms with E-state index in [4.69, 9.17) is 5.11 Å². The molecule has 0 bridgehead atoms. The summed E-state index contributed by atoms with van der Waals surface area (Å²) in [5, 5.41) is 8.86. The SMILES string of the molecule is CCCN(CC(=O)O)CC(=O)N(CC(C)C)C1CC1. The lowest BCUT2D eigenvalue weighted by molar-refractivity contribution is -0.140. The number of nitrogens with zero attached hydrogens (tertiary/aromatic N) is 2. The number of rotatable bonds is 9. The molecule has 5 nitrogen and oxygen atoms in total. The van der Waals surface area contributed by atoms with Gasteiger partial charge in [0.15, 0.2) is 0 Å². The number of amides is 1. The summed E-state index contributed by atoms with van der Waals surface area (Å²) < 4.78 is 0. The van der Waals surface area contributed by atoms with Crippen LogP contribution in [0.3, 0.4) is 0 Å². The van der Waals surface area contributed by atoms with Gasteiger partial charge in [-0.2, -0.15) is 0 Å². The van der Waals surface area contributed by atoms with Gasteiger partial charge in [-0.1, -0.05) is 20.8 Å².